The first-order valence-electron chi connectivity index (χ1n) is 9.36. The zero-order chi connectivity index (χ0) is 20.6. The van der Waals surface area contributed by atoms with Crippen LogP contribution in [-0.2, 0) is 11.2 Å². The van der Waals surface area contributed by atoms with Gasteiger partial charge in [0.2, 0.25) is 5.91 Å². The minimum Gasteiger partial charge on any atom is -0.493 e. The van der Waals surface area contributed by atoms with Crippen LogP contribution >= 0.6 is 11.6 Å². The molecule has 3 rings (SSSR count). The van der Waals surface area contributed by atoms with Crippen LogP contribution in [0.25, 0.3) is 6.08 Å². The maximum Gasteiger partial charge on any atom is 0.244 e. The van der Waals surface area contributed by atoms with Crippen molar-refractivity contribution in [3.05, 3.63) is 52.6 Å². The molecule has 7 heteroatoms. The van der Waals surface area contributed by atoms with E-state index in [1.54, 1.807) is 26.4 Å². The molecule has 154 valence electrons. The van der Waals surface area contributed by atoms with Crippen molar-refractivity contribution in [1.29, 1.82) is 0 Å². The van der Waals surface area contributed by atoms with Crippen molar-refractivity contribution in [1.82, 2.24) is 5.32 Å². The van der Waals surface area contributed by atoms with Gasteiger partial charge in [0, 0.05) is 19.0 Å². The van der Waals surface area contributed by atoms with Crippen molar-refractivity contribution in [2.45, 2.75) is 12.8 Å². The summed E-state index contributed by atoms with van der Waals surface area (Å²) in [7, 11) is 3.20. The molecule has 1 aliphatic heterocycles. The predicted octanol–water partition coefficient (Wildman–Crippen LogP) is 3.89. The normalized spacial score (nSPS) is 13.1. The van der Waals surface area contributed by atoms with Crippen LogP contribution in [0.5, 0.6) is 23.0 Å². The van der Waals surface area contributed by atoms with Gasteiger partial charge in [0.25, 0.3) is 0 Å². The van der Waals surface area contributed by atoms with Crippen molar-refractivity contribution in [3.8, 4) is 23.0 Å². The summed E-state index contributed by atoms with van der Waals surface area (Å²) in [6.45, 7) is 1.65. The lowest BCUT2D eigenvalue weighted by atomic mass is 10.1. The highest BCUT2D eigenvalue weighted by atomic mass is 35.5. The van der Waals surface area contributed by atoms with E-state index in [-0.39, 0.29) is 5.91 Å². The number of ether oxygens (including phenoxy) is 4. The first-order valence-corrected chi connectivity index (χ1v) is 9.74. The summed E-state index contributed by atoms with van der Waals surface area (Å²) in [4.78, 5) is 12.1. The molecule has 1 amide bonds. The summed E-state index contributed by atoms with van der Waals surface area (Å²) >= 11 is 6.27. The van der Waals surface area contributed by atoms with Gasteiger partial charge in [0.1, 0.15) is 0 Å². The van der Waals surface area contributed by atoms with Gasteiger partial charge in [-0.1, -0.05) is 17.7 Å². The van der Waals surface area contributed by atoms with Crippen LogP contribution < -0.4 is 24.3 Å². The van der Waals surface area contributed by atoms with Crippen molar-refractivity contribution in [3.63, 3.8) is 0 Å². The van der Waals surface area contributed by atoms with Gasteiger partial charge in [-0.3, -0.25) is 4.79 Å². The van der Waals surface area contributed by atoms with Gasteiger partial charge in [-0.15, -0.1) is 0 Å². The van der Waals surface area contributed by atoms with Crippen molar-refractivity contribution >= 4 is 23.6 Å². The molecule has 0 saturated heterocycles. The number of rotatable bonds is 7. The number of hydrogen-bond donors (Lipinski definition) is 1. The molecule has 0 unspecified atom stereocenters. The van der Waals surface area contributed by atoms with E-state index in [4.69, 9.17) is 30.5 Å². The zero-order valence-corrected chi connectivity index (χ0v) is 17.3. The molecule has 6 nitrogen and oxygen atoms in total. The zero-order valence-electron chi connectivity index (χ0n) is 16.5. The number of carbonyl (C=O) groups excluding carboxylic acids is 1. The largest absolute Gasteiger partial charge is 0.493 e. The fourth-order valence-electron chi connectivity index (χ4n) is 2.94. The molecular weight excluding hydrogens is 394 g/mol. The molecule has 0 atom stereocenters. The minimum absolute atomic E-state index is 0.186. The lowest BCUT2D eigenvalue weighted by molar-refractivity contribution is -0.116. The first-order chi connectivity index (χ1) is 14.1. The molecule has 1 N–H and O–H groups in total. The van der Waals surface area contributed by atoms with Crippen molar-refractivity contribution < 1.29 is 23.7 Å². The van der Waals surface area contributed by atoms with Gasteiger partial charge >= 0.3 is 0 Å². The molecule has 0 spiro atoms. The van der Waals surface area contributed by atoms with E-state index < -0.39 is 0 Å². The van der Waals surface area contributed by atoms with E-state index in [1.165, 1.54) is 6.08 Å². The summed E-state index contributed by atoms with van der Waals surface area (Å²) in [5, 5.41) is 3.34. The number of benzene rings is 2. The third-order valence-corrected chi connectivity index (χ3v) is 4.69. The van der Waals surface area contributed by atoms with Gasteiger partial charge in [-0.05, 0) is 47.9 Å². The van der Waals surface area contributed by atoms with Crippen LogP contribution in [-0.4, -0.2) is 39.9 Å². The second-order valence-corrected chi connectivity index (χ2v) is 6.85. The molecule has 1 heterocycles. The minimum atomic E-state index is -0.186. The number of carbonyl (C=O) groups is 1. The second-order valence-electron chi connectivity index (χ2n) is 6.44. The fraction of sp³-hybridized carbons (Fsp3) is 0.318. The number of methoxy groups -OCH3 is 2. The van der Waals surface area contributed by atoms with Crippen molar-refractivity contribution in [2.75, 3.05) is 34.0 Å². The summed E-state index contributed by atoms with van der Waals surface area (Å²) in [5.41, 5.74) is 1.82. The van der Waals surface area contributed by atoms with Gasteiger partial charge in [0.05, 0.1) is 32.5 Å². The first kappa shape index (κ1) is 20.9. The fourth-order valence-corrected chi connectivity index (χ4v) is 3.22. The van der Waals surface area contributed by atoms with Crippen molar-refractivity contribution in [2.24, 2.45) is 0 Å². The Labute approximate surface area is 175 Å². The Hall–Kier alpha value is -2.86. The monoisotopic (exact) mass is 417 g/mol. The summed E-state index contributed by atoms with van der Waals surface area (Å²) in [6.07, 6.45) is 4.66. The highest BCUT2D eigenvalue weighted by Crippen LogP contribution is 2.38. The average molecular weight is 418 g/mol. The second kappa shape index (κ2) is 10.1. The van der Waals surface area contributed by atoms with E-state index in [0.29, 0.717) is 54.2 Å². The number of hydrogen-bond acceptors (Lipinski definition) is 5. The topological polar surface area (TPSA) is 66.0 Å². The Morgan fingerprint density at radius 1 is 1.14 bits per heavy atom. The Morgan fingerprint density at radius 3 is 2.72 bits per heavy atom. The van der Waals surface area contributed by atoms with E-state index in [2.05, 4.69) is 5.32 Å². The van der Waals surface area contributed by atoms with Crippen LogP contribution in [0, 0.1) is 0 Å². The lowest BCUT2D eigenvalue weighted by Crippen LogP contribution is -2.23. The van der Waals surface area contributed by atoms with Crippen LogP contribution in [0.3, 0.4) is 0 Å². The molecule has 0 fully saturated rings. The molecular formula is C22H24ClNO5. The Morgan fingerprint density at radius 2 is 1.93 bits per heavy atom. The summed E-state index contributed by atoms with van der Waals surface area (Å²) in [5.74, 6) is 2.32. The number of amides is 1. The maximum absolute atomic E-state index is 12.1. The quantitative estimate of drug-likeness (QED) is 0.692. The molecule has 0 aromatic heterocycles. The van der Waals surface area contributed by atoms with E-state index in [0.717, 1.165) is 17.5 Å². The van der Waals surface area contributed by atoms with Gasteiger partial charge in [0.15, 0.2) is 23.0 Å². The average Bonchev–Trinajstić information content (AvgIpc) is 2.98. The molecule has 0 saturated carbocycles. The summed E-state index contributed by atoms with van der Waals surface area (Å²) in [6, 6.07) is 9.27. The molecule has 0 aliphatic carbocycles. The molecule has 1 aliphatic rings. The van der Waals surface area contributed by atoms with Gasteiger partial charge in [-0.2, -0.15) is 0 Å². The van der Waals surface area contributed by atoms with Crippen LogP contribution in [0.4, 0.5) is 0 Å². The smallest absolute Gasteiger partial charge is 0.244 e. The van der Waals surface area contributed by atoms with E-state index in [9.17, 15) is 4.79 Å². The molecule has 2 aromatic rings. The van der Waals surface area contributed by atoms with E-state index >= 15 is 0 Å². The predicted molar refractivity (Wildman–Crippen MR) is 112 cm³/mol. The number of fused-ring (bicyclic) bond motifs is 1. The van der Waals surface area contributed by atoms with Crippen LogP contribution in [0.1, 0.15) is 17.5 Å². The highest BCUT2D eigenvalue weighted by Gasteiger charge is 2.15. The van der Waals surface area contributed by atoms with E-state index in [1.807, 2.05) is 24.3 Å². The summed E-state index contributed by atoms with van der Waals surface area (Å²) < 4.78 is 21.8. The maximum atomic E-state index is 12.1. The molecule has 0 radical (unpaired) electrons. The van der Waals surface area contributed by atoms with Crippen LogP contribution in [0.2, 0.25) is 5.02 Å². The molecule has 29 heavy (non-hydrogen) atoms. The number of halogens is 1. The lowest BCUT2D eigenvalue weighted by Gasteiger charge is -2.10. The third-order valence-electron chi connectivity index (χ3n) is 4.41. The molecule has 0 bridgehead atoms. The standard InChI is InChI=1S/C22H24ClNO5/c1-26-18-6-4-15(13-19(18)27-2)8-9-24-21(25)7-5-16-12-17(23)22-20(14-16)28-10-3-11-29-22/h4-7,12-14H,3,8-11H2,1-2H3,(H,24,25)/b7-5+. The SMILES string of the molecule is COc1ccc(CCNC(=O)/C=C/c2cc(Cl)c3c(c2)OCCCO3)cc1OC. The Balaban J connectivity index is 1.55. The highest BCUT2D eigenvalue weighted by molar-refractivity contribution is 6.32. The number of nitrogens with one attached hydrogen (secondary N) is 1. The Kier molecular flexibility index (Phi) is 7.25. The molecule has 2 aromatic carbocycles. The van der Waals surface area contributed by atoms with Gasteiger partial charge < -0.3 is 24.3 Å². The third kappa shape index (κ3) is 5.57. The Bertz CT molecular complexity index is 897. The van der Waals surface area contributed by atoms with Gasteiger partial charge in [-0.25, -0.2) is 0 Å². The van der Waals surface area contributed by atoms with Crippen LogP contribution in [0.15, 0.2) is 36.4 Å².